The topological polar surface area (TPSA) is 67.2 Å². The number of hydrazone groups is 1. The molecule has 37 heavy (non-hydrogen) atoms. The Morgan fingerprint density at radius 1 is 0.865 bits per heavy atom. The van der Waals surface area contributed by atoms with E-state index in [2.05, 4.69) is 44.2 Å². The van der Waals surface area contributed by atoms with Crippen molar-refractivity contribution in [3.63, 3.8) is 0 Å². The summed E-state index contributed by atoms with van der Waals surface area (Å²) < 4.78 is 81.9. The minimum atomic E-state index is -4.78. The lowest BCUT2D eigenvalue weighted by atomic mass is 9.93. The van der Waals surface area contributed by atoms with E-state index in [-0.39, 0.29) is 16.9 Å². The molecule has 1 heterocycles. The maximum absolute atomic E-state index is 12.4. The molecule has 0 bridgehead atoms. The predicted octanol–water partition coefficient (Wildman–Crippen LogP) is 6.14. The monoisotopic (exact) mass is 526 g/mol. The third-order valence-corrected chi connectivity index (χ3v) is 4.81. The van der Waals surface area contributed by atoms with E-state index in [1.54, 1.807) is 24.3 Å². The van der Waals surface area contributed by atoms with Crippen LogP contribution in [-0.2, 0) is 0 Å². The third-order valence-electron chi connectivity index (χ3n) is 4.81. The molecule has 0 aliphatic carbocycles. The van der Waals surface area contributed by atoms with Crippen molar-refractivity contribution in [2.45, 2.75) is 26.6 Å². The molecule has 0 aromatic heterocycles. The van der Waals surface area contributed by atoms with E-state index in [0.29, 0.717) is 35.9 Å². The van der Waals surface area contributed by atoms with E-state index in [1.807, 2.05) is 0 Å². The summed E-state index contributed by atoms with van der Waals surface area (Å²) in [5, 5.41) is 7.44. The number of hydrogen-bond donors (Lipinski definition) is 2. The van der Waals surface area contributed by atoms with Gasteiger partial charge in [-0.2, -0.15) is 5.10 Å². The normalized spacial score (nSPS) is 15.7. The van der Waals surface area contributed by atoms with Gasteiger partial charge in [-0.25, -0.2) is 5.43 Å². The second kappa shape index (κ2) is 11.4. The predicted molar refractivity (Wildman–Crippen MR) is 129 cm³/mol. The quantitative estimate of drug-likeness (QED) is 0.258. The number of aliphatic imine (C=N–C) groups is 1. The Morgan fingerprint density at radius 3 is 1.70 bits per heavy atom. The Balaban J connectivity index is 1.76. The van der Waals surface area contributed by atoms with Gasteiger partial charge in [0, 0.05) is 18.5 Å². The average molecular weight is 526 g/mol. The number of allylic oxidation sites excluding steroid dienone is 2. The van der Waals surface area contributed by atoms with Gasteiger partial charge < -0.3 is 14.8 Å². The zero-order valence-electron chi connectivity index (χ0n) is 19.8. The van der Waals surface area contributed by atoms with Crippen molar-refractivity contribution in [1.29, 1.82) is 0 Å². The van der Waals surface area contributed by atoms with Crippen LogP contribution in [-0.4, -0.2) is 37.5 Å². The van der Waals surface area contributed by atoms with E-state index in [0.717, 1.165) is 0 Å². The molecule has 0 unspecified atom stereocenters. The van der Waals surface area contributed by atoms with Crippen molar-refractivity contribution in [3.8, 4) is 11.5 Å². The van der Waals surface area contributed by atoms with Gasteiger partial charge in [0.05, 0.1) is 5.71 Å². The number of guanidine groups is 1. The number of alkyl halides is 6. The van der Waals surface area contributed by atoms with Gasteiger partial charge in [0.15, 0.2) is 0 Å². The summed E-state index contributed by atoms with van der Waals surface area (Å²) in [7, 11) is 0. The lowest BCUT2D eigenvalue weighted by Crippen LogP contribution is -2.46. The molecule has 0 spiro atoms. The van der Waals surface area contributed by atoms with Gasteiger partial charge in [-0.1, -0.05) is 50.3 Å². The molecule has 0 saturated heterocycles. The first-order valence-electron chi connectivity index (χ1n) is 11.0. The standard InChI is InChI=1S/C25H24F6N4O2/c1-23(2)15-32-22(33-16-23)35-34-19(9-3-17-5-11-20(12-6-17)36-24(26,27)28)10-4-18-7-13-21(14-8-18)37-25(29,30)31/h3-14H,15-16H2,1-2H3,(H2,32,33,35)/b9-3+,10-4+. The molecule has 6 nitrogen and oxygen atoms in total. The lowest BCUT2D eigenvalue weighted by Gasteiger charge is -2.28. The fraction of sp³-hybridized carbons (Fsp3) is 0.280. The maximum Gasteiger partial charge on any atom is 0.573 e. The number of rotatable bonds is 7. The molecule has 0 amide bonds. The number of nitrogens with one attached hydrogen (secondary N) is 2. The lowest BCUT2D eigenvalue weighted by molar-refractivity contribution is -0.275. The number of nitrogens with zero attached hydrogens (tertiary/aromatic N) is 2. The Hall–Kier alpha value is -3.96. The Labute approximate surface area is 209 Å². The molecular formula is C25H24F6N4O2. The number of ether oxygens (including phenoxy) is 2. The summed E-state index contributed by atoms with van der Waals surface area (Å²) >= 11 is 0. The van der Waals surface area contributed by atoms with Crippen LogP contribution in [0.2, 0.25) is 0 Å². The van der Waals surface area contributed by atoms with Crippen molar-refractivity contribution >= 4 is 23.8 Å². The highest BCUT2D eigenvalue weighted by Crippen LogP contribution is 2.24. The number of benzene rings is 2. The van der Waals surface area contributed by atoms with Gasteiger partial charge in [0.2, 0.25) is 5.96 Å². The Bertz CT molecular complexity index is 1090. The summed E-state index contributed by atoms with van der Waals surface area (Å²) in [6.45, 7) is 5.42. The highest BCUT2D eigenvalue weighted by atomic mass is 19.4. The van der Waals surface area contributed by atoms with Crippen LogP contribution in [0, 0.1) is 5.41 Å². The van der Waals surface area contributed by atoms with Gasteiger partial charge >= 0.3 is 12.7 Å². The second-order valence-electron chi connectivity index (χ2n) is 8.73. The van der Waals surface area contributed by atoms with Crippen LogP contribution in [0.1, 0.15) is 25.0 Å². The van der Waals surface area contributed by atoms with Crippen molar-refractivity contribution in [2.24, 2.45) is 15.5 Å². The van der Waals surface area contributed by atoms with Gasteiger partial charge in [-0.15, -0.1) is 26.3 Å². The van der Waals surface area contributed by atoms with Crippen molar-refractivity contribution < 1.29 is 35.8 Å². The van der Waals surface area contributed by atoms with Crippen LogP contribution in [0.3, 0.4) is 0 Å². The van der Waals surface area contributed by atoms with Crippen LogP contribution in [0.25, 0.3) is 12.2 Å². The van der Waals surface area contributed by atoms with Crippen molar-refractivity contribution in [2.75, 3.05) is 13.1 Å². The van der Waals surface area contributed by atoms with E-state index < -0.39 is 12.7 Å². The van der Waals surface area contributed by atoms with Gasteiger partial charge in [0.25, 0.3) is 0 Å². The van der Waals surface area contributed by atoms with Crippen LogP contribution in [0.15, 0.2) is 70.8 Å². The van der Waals surface area contributed by atoms with Crippen LogP contribution < -0.4 is 20.2 Å². The zero-order valence-corrected chi connectivity index (χ0v) is 19.8. The molecule has 0 atom stereocenters. The summed E-state index contributed by atoms with van der Waals surface area (Å²) in [5.41, 5.74) is 4.41. The average Bonchev–Trinajstić information content (AvgIpc) is 2.79. The summed E-state index contributed by atoms with van der Waals surface area (Å²) in [6.07, 6.45) is -3.09. The molecule has 198 valence electrons. The fourth-order valence-corrected chi connectivity index (χ4v) is 2.97. The molecule has 0 radical (unpaired) electrons. The van der Waals surface area contributed by atoms with Crippen LogP contribution in [0.4, 0.5) is 26.3 Å². The smallest absolute Gasteiger partial charge is 0.406 e. The first kappa shape index (κ1) is 27.6. The molecule has 1 aliphatic heterocycles. The van der Waals surface area contributed by atoms with Crippen LogP contribution >= 0.6 is 0 Å². The molecule has 0 fully saturated rings. The molecule has 1 aliphatic rings. The minimum Gasteiger partial charge on any atom is -0.406 e. The molecule has 2 aromatic rings. The van der Waals surface area contributed by atoms with E-state index >= 15 is 0 Å². The molecule has 12 heteroatoms. The van der Waals surface area contributed by atoms with Crippen LogP contribution in [0.5, 0.6) is 11.5 Å². The van der Waals surface area contributed by atoms with E-state index in [4.69, 9.17) is 0 Å². The third kappa shape index (κ3) is 10.3. The first-order valence-corrected chi connectivity index (χ1v) is 11.0. The van der Waals surface area contributed by atoms with E-state index in [1.165, 1.54) is 48.5 Å². The number of halogens is 6. The highest BCUT2D eigenvalue weighted by Gasteiger charge is 2.31. The Kier molecular flexibility index (Phi) is 8.51. The molecule has 2 aromatic carbocycles. The highest BCUT2D eigenvalue weighted by molar-refractivity contribution is 6.09. The Morgan fingerprint density at radius 2 is 1.32 bits per heavy atom. The summed E-state index contributed by atoms with van der Waals surface area (Å²) in [5.74, 6) is -0.217. The maximum atomic E-state index is 12.4. The van der Waals surface area contributed by atoms with Crippen molar-refractivity contribution in [1.82, 2.24) is 10.7 Å². The molecule has 2 N–H and O–H groups in total. The first-order chi connectivity index (χ1) is 17.3. The largest absolute Gasteiger partial charge is 0.573 e. The summed E-state index contributed by atoms with van der Waals surface area (Å²) in [6, 6.07) is 10.5. The van der Waals surface area contributed by atoms with Gasteiger partial charge in [-0.3, -0.25) is 4.99 Å². The van der Waals surface area contributed by atoms with Gasteiger partial charge in [-0.05, 0) is 47.5 Å². The van der Waals surface area contributed by atoms with Gasteiger partial charge in [0.1, 0.15) is 11.5 Å². The number of hydrogen-bond acceptors (Lipinski definition) is 6. The zero-order chi connectivity index (χ0) is 27.1. The summed E-state index contributed by atoms with van der Waals surface area (Å²) in [4.78, 5) is 4.40. The SMILES string of the molecule is CC1(C)CN=C(NN=C(/C=C/c2ccc(OC(F)(F)F)cc2)/C=C/c2ccc(OC(F)(F)F)cc2)NC1. The van der Waals surface area contributed by atoms with Crippen molar-refractivity contribution in [3.05, 3.63) is 71.8 Å². The molecular weight excluding hydrogens is 502 g/mol. The molecule has 3 rings (SSSR count). The fourth-order valence-electron chi connectivity index (χ4n) is 2.97. The second-order valence-corrected chi connectivity index (χ2v) is 8.73. The molecule has 0 saturated carbocycles. The minimum absolute atomic E-state index is 0.00150. The van der Waals surface area contributed by atoms with E-state index in [9.17, 15) is 26.3 Å².